The molecule has 33 heavy (non-hydrogen) atoms. The quantitative estimate of drug-likeness (QED) is 0.456. The van der Waals surface area contributed by atoms with Crippen molar-refractivity contribution in [2.24, 2.45) is 0 Å². The number of aryl methyl sites for hydroxylation is 1. The molecule has 8 heteroatoms. The summed E-state index contributed by atoms with van der Waals surface area (Å²) in [5.74, 6) is 1.30. The second kappa shape index (κ2) is 13.1. The highest BCUT2D eigenvalue weighted by atomic mass is 32.1. The molecule has 0 aliphatic carbocycles. The van der Waals surface area contributed by atoms with Crippen LogP contribution in [0.2, 0.25) is 0 Å². The molecular weight excluding hydrogens is 438 g/mol. The number of amides is 3. The normalized spacial score (nSPS) is 10.6. The summed E-state index contributed by atoms with van der Waals surface area (Å²) in [6.45, 7) is 5.86. The van der Waals surface area contributed by atoms with Gasteiger partial charge >= 0.3 is 6.03 Å². The van der Waals surface area contributed by atoms with Gasteiger partial charge in [0.15, 0.2) is 11.5 Å². The molecule has 2 aromatic rings. The van der Waals surface area contributed by atoms with Crippen molar-refractivity contribution < 1.29 is 19.1 Å². The average molecular weight is 476 g/mol. The van der Waals surface area contributed by atoms with E-state index < -0.39 is 0 Å². The molecule has 0 unspecified atom stereocenters. The molecule has 0 saturated carbocycles. The number of carbonyl (C=O) groups is 2. The molecule has 0 spiro atoms. The highest BCUT2D eigenvalue weighted by Crippen LogP contribution is 2.28. The largest absolute Gasteiger partial charge is 0.493 e. The minimum atomic E-state index is -0.136. The molecule has 0 aliphatic heterocycles. The average Bonchev–Trinajstić information content (AvgIpc) is 3.22. The topological polar surface area (TPSA) is 62.3 Å². The summed E-state index contributed by atoms with van der Waals surface area (Å²) >= 11 is 1.69. The van der Waals surface area contributed by atoms with Gasteiger partial charge in [0.05, 0.1) is 20.8 Å². The van der Waals surface area contributed by atoms with Crippen LogP contribution in [0, 0.1) is 6.92 Å². The number of nitrogens with zero attached hydrogens (tertiary/aromatic N) is 3. The lowest BCUT2D eigenvalue weighted by atomic mass is 10.1. The van der Waals surface area contributed by atoms with E-state index >= 15 is 0 Å². The zero-order chi connectivity index (χ0) is 24.4. The van der Waals surface area contributed by atoms with Crippen LogP contribution in [-0.2, 0) is 17.8 Å². The Balaban J connectivity index is 2.18. The van der Waals surface area contributed by atoms with Gasteiger partial charge in [-0.05, 0) is 49.6 Å². The van der Waals surface area contributed by atoms with Crippen molar-refractivity contribution in [2.75, 3.05) is 47.9 Å². The molecule has 3 amide bonds. The van der Waals surface area contributed by atoms with E-state index in [0.29, 0.717) is 37.6 Å². The SMILES string of the molecule is CCCCN(CC(=O)N(CCc1ccc(OC)c(OC)c1)Cc1ccc(C)s1)C(=O)N(C)C. The van der Waals surface area contributed by atoms with E-state index in [-0.39, 0.29) is 18.5 Å². The molecule has 1 heterocycles. The van der Waals surface area contributed by atoms with E-state index in [1.165, 1.54) is 9.78 Å². The summed E-state index contributed by atoms with van der Waals surface area (Å²) in [6, 6.07) is 9.81. The second-order valence-electron chi connectivity index (χ2n) is 8.22. The molecule has 0 aliphatic rings. The molecule has 0 radical (unpaired) electrons. The summed E-state index contributed by atoms with van der Waals surface area (Å²) in [4.78, 5) is 33.4. The Bertz CT molecular complexity index is 913. The van der Waals surface area contributed by atoms with Gasteiger partial charge in [-0.3, -0.25) is 4.79 Å². The Hall–Kier alpha value is -2.74. The number of unbranched alkanes of at least 4 members (excludes halogenated alkanes) is 1. The van der Waals surface area contributed by atoms with Crippen LogP contribution in [0.15, 0.2) is 30.3 Å². The first-order chi connectivity index (χ1) is 15.8. The zero-order valence-electron chi connectivity index (χ0n) is 20.7. The lowest BCUT2D eigenvalue weighted by Gasteiger charge is -2.29. The van der Waals surface area contributed by atoms with Gasteiger partial charge in [-0.25, -0.2) is 4.79 Å². The highest BCUT2D eigenvalue weighted by molar-refractivity contribution is 7.11. The third kappa shape index (κ3) is 7.96. The van der Waals surface area contributed by atoms with Crippen molar-refractivity contribution in [3.8, 4) is 11.5 Å². The molecule has 1 aromatic heterocycles. The van der Waals surface area contributed by atoms with Crippen molar-refractivity contribution in [1.29, 1.82) is 0 Å². The first-order valence-electron chi connectivity index (χ1n) is 11.3. The number of urea groups is 1. The van der Waals surface area contributed by atoms with Gasteiger partial charge in [0.25, 0.3) is 0 Å². The zero-order valence-corrected chi connectivity index (χ0v) is 21.5. The van der Waals surface area contributed by atoms with E-state index in [1.807, 2.05) is 23.1 Å². The Morgan fingerprint density at radius 3 is 2.27 bits per heavy atom. The van der Waals surface area contributed by atoms with Gasteiger partial charge in [-0.15, -0.1) is 11.3 Å². The molecule has 0 atom stereocenters. The van der Waals surface area contributed by atoms with Crippen LogP contribution < -0.4 is 9.47 Å². The van der Waals surface area contributed by atoms with Crippen molar-refractivity contribution in [2.45, 2.75) is 39.7 Å². The van der Waals surface area contributed by atoms with Gasteiger partial charge in [0.1, 0.15) is 6.54 Å². The third-order valence-corrected chi connectivity index (χ3v) is 6.36. The summed E-state index contributed by atoms with van der Waals surface area (Å²) in [7, 11) is 6.66. The van der Waals surface area contributed by atoms with Gasteiger partial charge in [0.2, 0.25) is 5.91 Å². The van der Waals surface area contributed by atoms with Gasteiger partial charge < -0.3 is 24.2 Å². The predicted octanol–water partition coefficient (Wildman–Crippen LogP) is 4.43. The standard InChI is InChI=1S/C25H37N3O4S/c1-7-8-14-28(25(30)26(3)4)18-24(29)27(17-21-11-9-19(2)33-21)15-13-20-10-12-22(31-5)23(16-20)32-6/h9-12,16H,7-8,13-15,17-18H2,1-6H3. The monoisotopic (exact) mass is 475 g/mol. The summed E-state index contributed by atoms with van der Waals surface area (Å²) < 4.78 is 10.7. The Morgan fingerprint density at radius 2 is 1.70 bits per heavy atom. The van der Waals surface area contributed by atoms with Crippen LogP contribution >= 0.6 is 11.3 Å². The predicted molar refractivity (Wildman–Crippen MR) is 133 cm³/mol. The number of hydrogen-bond acceptors (Lipinski definition) is 5. The second-order valence-corrected chi connectivity index (χ2v) is 9.59. The Morgan fingerprint density at radius 1 is 0.970 bits per heavy atom. The number of methoxy groups -OCH3 is 2. The Kier molecular flexibility index (Phi) is 10.5. The van der Waals surface area contributed by atoms with E-state index in [1.54, 1.807) is 44.6 Å². The maximum atomic E-state index is 13.4. The molecule has 1 aromatic carbocycles. The van der Waals surface area contributed by atoms with Crippen molar-refractivity contribution in [3.05, 3.63) is 45.6 Å². The maximum Gasteiger partial charge on any atom is 0.319 e. The number of ether oxygens (including phenoxy) is 2. The third-order valence-electron chi connectivity index (χ3n) is 5.37. The lowest BCUT2D eigenvalue weighted by Crippen LogP contribution is -2.46. The maximum absolute atomic E-state index is 13.4. The van der Waals surface area contributed by atoms with Crippen LogP contribution in [0.3, 0.4) is 0 Å². The van der Waals surface area contributed by atoms with E-state index in [4.69, 9.17) is 9.47 Å². The van der Waals surface area contributed by atoms with Gasteiger partial charge in [0, 0.05) is 36.9 Å². The fourth-order valence-electron chi connectivity index (χ4n) is 3.49. The number of rotatable bonds is 12. The molecule has 0 saturated heterocycles. The molecule has 0 N–H and O–H groups in total. The highest BCUT2D eigenvalue weighted by Gasteiger charge is 2.23. The first-order valence-corrected chi connectivity index (χ1v) is 12.1. The van der Waals surface area contributed by atoms with Crippen molar-refractivity contribution in [3.63, 3.8) is 0 Å². The van der Waals surface area contributed by atoms with Crippen LogP contribution in [0.5, 0.6) is 11.5 Å². The number of thiophene rings is 1. The summed E-state index contributed by atoms with van der Waals surface area (Å²) in [6.07, 6.45) is 2.50. The van der Waals surface area contributed by atoms with E-state index in [9.17, 15) is 9.59 Å². The summed E-state index contributed by atoms with van der Waals surface area (Å²) in [5.41, 5.74) is 1.06. The molecule has 7 nitrogen and oxygen atoms in total. The van der Waals surface area contributed by atoms with Gasteiger partial charge in [-0.1, -0.05) is 19.4 Å². The smallest absolute Gasteiger partial charge is 0.319 e. The molecular formula is C25H37N3O4S. The fourth-order valence-corrected chi connectivity index (χ4v) is 4.39. The minimum Gasteiger partial charge on any atom is -0.493 e. The van der Waals surface area contributed by atoms with Crippen LogP contribution in [0.25, 0.3) is 0 Å². The number of hydrogen-bond donors (Lipinski definition) is 0. The molecule has 182 valence electrons. The molecule has 0 fully saturated rings. The fraction of sp³-hybridized carbons (Fsp3) is 0.520. The summed E-state index contributed by atoms with van der Waals surface area (Å²) in [5, 5.41) is 0. The van der Waals surface area contributed by atoms with Crippen LogP contribution in [-0.4, -0.2) is 74.6 Å². The Labute approximate surface area is 201 Å². The first kappa shape index (κ1) is 26.5. The number of carbonyl (C=O) groups excluding carboxylic acids is 2. The van der Waals surface area contributed by atoms with Crippen molar-refractivity contribution in [1.82, 2.24) is 14.7 Å². The minimum absolute atomic E-state index is 0.0483. The van der Waals surface area contributed by atoms with E-state index in [0.717, 1.165) is 23.3 Å². The van der Waals surface area contributed by atoms with Crippen LogP contribution in [0.1, 0.15) is 35.1 Å². The van der Waals surface area contributed by atoms with Crippen LogP contribution in [0.4, 0.5) is 4.79 Å². The van der Waals surface area contributed by atoms with E-state index in [2.05, 4.69) is 26.0 Å². The number of benzene rings is 1. The van der Waals surface area contributed by atoms with Gasteiger partial charge in [-0.2, -0.15) is 0 Å². The molecule has 0 bridgehead atoms. The molecule has 2 rings (SSSR count). The lowest BCUT2D eigenvalue weighted by molar-refractivity contribution is -0.132. The van der Waals surface area contributed by atoms with Crippen molar-refractivity contribution >= 4 is 23.3 Å².